The van der Waals surface area contributed by atoms with Crippen LogP contribution < -0.4 is 0 Å². The van der Waals surface area contributed by atoms with Gasteiger partial charge in [-0.15, -0.1) is 0 Å². The van der Waals surface area contributed by atoms with Gasteiger partial charge in [-0.3, -0.25) is 0 Å². The fourth-order valence-corrected chi connectivity index (χ4v) is 2.85. The van der Waals surface area contributed by atoms with Crippen LogP contribution >= 0.6 is 15.9 Å². The summed E-state index contributed by atoms with van der Waals surface area (Å²) in [6, 6.07) is 15.0. The Balaban J connectivity index is 1.95. The molecule has 0 aliphatic rings. The number of aromatic nitrogens is 3. The van der Waals surface area contributed by atoms with Crippen LogP contribution in [0, 0.1) is 11.3 Å². The quantitative estimate of drug-likeness (QED) is 0.765. The van der Waals surface area contributed by atoms with Crippen molar-refractivity contribution < 1.29 is 5.11 Å². The van der Waals surface area contributed by atoms with Crippen LogP contribution in [-0.4, -0.2) is 19.9 Å². The predicted molar refractivity (Wildman–Crippen MR) is 88.8 cm³/mol. The molecule has 1 N–H and O–H groups in total. The molecule has 114 valence electrons. The molecular formula is C17H13BrN4O. The SMILES string of the molecule is N#Cc1ccc(C(Cc2ccc(O)c(Br)c2)n2cncn2)cc1. The first-order valence-electron chi connectivity index (χ1n) is 6.99. The van der Waals surface area contributed by atoms with Crippen LogP contribution in [0.3, 0.4) is 0 Å². The Kier molecular flexibility index (Phi) is 4.40. The molecule has 0 saturated carbocycles. The highest BCUT2D eigenvalue weighted by atomic mass is 79.9. The zero-order valence-corrected chi connectivity index (χ0v) is 13.7. The Morgan fingerprint density at radius 3 is 2.61 bits per heavy atom. The van der Waals surface area contributed by atoms with E-state index in [-0.39, 0.29) is 11.8 Å². The molecule has 6 heteroatoms. The third kappa shape index (κ3) is 3.41. The zero-order valence-electron chi connectivity index (χ0n) is 12.1. The summed E-state index contributed by atoms with van der Waals surface area (Å²) in [5, 5.41) is 22.8. The van der Waals surface area contributed by atoms with Crippen LogP contribution in [0.25, 0.3) is 0 Å². The van der Waals surface area contributed by atoms with E-state index in [1.807, 2.05) is 24.3 Å². The van der Waals surface area contributed by atoms with E-state index >= 15 is 0 Å². The molecule has 1 unspecified atom stereocenters. The molecule has 23 heavy (non-hydrogen) atoms. The number of hydrogen-bond donors (Lipinski definition) is 1. The van der Waals surface area contributed by atoms with Crippen molar-refractivity contribution in [1.82, 2.24) is 14.8 Å². The summed E-state index contributed by atoms with van der Waals surface area (Å²) in [6.07, 6.45) is 3.87. The maximum Gasteiger partial charge on any atom is 0.137 e. The van der Waals surface area contributed by atoms with Gasteiger partial charge in [-0.1, -0.05) is 18.2 Å². The molecule has 0 spiro atoms. The minimum Gasteiger partial charge on any atom is -0.507 e. The van der Waals surface area contributed by atoms with Crippen molar-refractivity contribution in [1.29, 1.82) is 5.26 Å². The summed E-state index contributed by atoms with van der Waals surface area (Å²) < 4.78 is 2.45. The summed E-state index contributed by atoms with van der Waals surface area (Å²) in [6.45, 7) is 0. The lowest BCUT2D eigenvalue weighted by Crippen LogP contribution is -2.14. The smallest absolute Gasteiger partial charge is 0.137 e. The molecule has 0 saturated heterocycles. The maximum absolute atomic E-state index is 9.63. The highest BCUT2D eigenvalue weighted by Gasteiger charge is 2.16. The second-order valence-electron chi connectivity index (χ2n) is 5.11. The van der Waals surface area contributed by atoms with Crippen molar-refractivity contribution in [3.8, 4) is 11.8 Å². The first-order valence-corrected chi connectivity index (χ1v) is 7.78. The van der Waals surface area contributed by atoms with E-state index in [9.17, 15) is 5.11 Å². The molecule has 3 aromatic rings. The number of halogens is 1. The van der Waals surface area contributed by atoms with Crippen molar-refractivity contribution >= 4 is 15.9 Å². The molecule has 1 heterocycles. The van der Waals surface area contributed by atoms with Crippen LogP contribution in [0.4, 0.5) is 0 Å². The van der Waals surface area contributed by atoms with E-state index in [1.165, 1.54) is 6.33 Å². The molecule has 3 rings (SSSR count). The molecule has 1 aromatic heterocycles. The van der Waals surface area contributed by atoms with Gasteiger partial charge in [0.1, 0.15) is 18.4 Å². The van der Waals surface area contributed by atoms with Crippen molar-refractivity contribution in [2.75, 3.05) is 0 Å². The Morgan fingerprint density at radius 2 is 2.00 bits per heavy atom. The van der Waals surface area contributed by atoms with Gasteiger partial charge in [-0.25, -0.2) is 9.67 Å². The average Bonchev–Trinajstić information content (AvgIpc) is 3.10. The second kappa shape index (κ2) is 6.63. The van der Waals surface area contributed by atoms with Gasteiger partial charge in [0.05, 0.1) is 22.1 Å². The van der Waals surface area contributed by atoms with E-state index in [0.29, 0.717) is 16.5 Å². The third-order valence-electron chi connectivity index (χ3n) is 3.62. The second-order valence-corrected chi connectivity index (χ2v) is 5.97. The number of aromatic hydroxyl groups is 1. The summed E-state index contributed by atoms with van der Waals surface area (Å²) in [5.41, 5.74) is 2.72. The third-order valence-corrected chi connectivity index (χ3v) is 4.26. The van der Waals surface area contributed by atoms with Gasteiger partial charge in [0.25, 0.3) is 0 Å². The first-order chi connectivity index (χ1) is 11.2. The number of rotatable bonds is 4. The molecule has 0 amide bonds. The molecule has 5 nitrogen and oxygen atoms in total. The van der Waals surface area contributed by atoms with Gasteiger partial charge in [0, 0.05) is 0 Å². The molecule has 1 atom stereocenters. The topological polar surface area (TPSA) is 74.7 Å². The van der Waals surface area contributed by atoms with Crippen LogP contribution in [0.2, 0.25) is 0 Å². The largest absolute Gasteiger partial charge is 0.507 e. The van der Waals surface area contributed by atoms with E-state index in [4.69, 9.17) is 5.26 Å². The number of phenolic OH excluding ortho intramolecular Hbond substituents is 1. The summed E-state index contributed by atoms with van der Waals surface area (Å²) in [4.78, 5) is 4.03. The van der Waals surface area contributed by atoms with Gasteiger partial charge in [0.2, 0.25) is 0 Å². The molecule has 0 bridgehead atoms. The highest BCUT2D eigenvalue weighted by molar-refractivity contribution is 9.10. The van der Waals surface area contributed by atoms with E-state index in [0.717, 1.165) is 11.1 Å². The normalized spacial score (nSPS) is 11.8. The number of nitriles is 1. The Labute approximate surface area is 142 Å². The van der Waals surface area contributed by atoms with Crippen LogP contribution in [0.5, 0.6) is 5.75 Å². The molecule has 2 aromatic carbocycles. The Bertz CT molecular complexity index is 838. The van der Waals surface area contributed by atoms with Crippen molar-refractivity contribution in [3.05, 3.63) is 76.3 Å². The summed E-state index contributed by atoms with van der Waals surface area (Å²) >= 11 is 3.34. The monoisotopic (exact) mass is 368 g/mol. The van der Waals surface area contributed by atoms with E-state index < -0.39 is 0 Å². The number of hydrogen-bond acceptors (Lipinski definition) is 4. The average molecular weight is 369 g/mol. The van der Waals surface area contributed by atoms with Crippen LogP contribution in [0.15, 0.2) is 59.6 Å². The van der Waals surface area contributed by atoms with Gasteiger partial charge in [-0.05, 0) is 57.7 Å². The Morgan fingerprint density at radius 1 is 1.22 bits per heavy atom. The zero-order chi connectivity index (χ0) is 16.2. The first kappa shape index (κ1) is 15.3. The Hall–Kier alpha value is -2.65. The maximum atomic E-state index is 9.63. The number of benzene rings is 2. The number of phenols is 1. The standard InChI is InChI=1S/C17H13BrN4O/c18-15-7-13(3-6-17(15)23)8-16(22-11-20-10-21-22)14-4-1-12(9-19)2-5-14/h1-7,10-11,16,23H,8H2. The van der Waals surface area contributed by atoms with Crippen LogP contribution in [-0.2, 0) is 6.42 Å². The van der Waals surface area contributed by atoms with Crippen molar-refractivity contribution in [2.45, 2.75) is 12.5 Å². The lowest BCUT2D eigenvalue weighted by molar-refractivity contribution is 0.471. The van der Waals surface area contributed by atoms with Crippen molar-refractivity contribution in [2.24, 2.45) is 0 Å². The molecule has 0 fully saturated rings. The molecule has 0 aliphatic heterocycles. The van der Waals surface area contributed by atoms with Crippen molar-refractivity contribution in [3.63, 3.8) is 0 Å². The minimum absolute atomic E-state index is 0.0401. The summed E-state index contributed by atoms with van der Waals surface area (Å²) in [5.74, 6) is 0.212. The summed E-state index contributed by atoms with van der Waals surface area (Å²) in [7, 11) is 0. The number of nitrogens with zero attached hydrogens (tertiary/aromatic N) is 4. The fourth-order valence-electron chi connectivity index (χ4n) is 2.42. The van der Waals surface area contributed by atoms with Crippen LogP contribution in [0.1, 0.15) is 22.7 Å². The van der Waals surface area contributed by atoms with E-state index in [1.54, 1.807) is 29.2 Å². The van der Waals surface area contributed by atoms with Gasteiger partial charge in [-0.2, -0.15) is 10.4 Å². The predicted octanol–water partition coefficient (Wildman–Crippen LogP) is 3.45. The molecular weight excluding hydrogens is 356 g/mol. The lowest BCUT2D eigenvalue weighted by Gasteiger charge is -2.18. The fraction of sp³-hybridized carbons (Fsp3) is 0.118. The molecule has 0 radical (unpaired) electrons. The van der Waals surface area contributed by atoms with Gasteiger partial charge >= 0.3 is 0 Å². The minimum atomic E-state index is -0.0401. The highest BCUT2D eigenvalue weighted by Crippen LogP contribution is 2.28. The van der Waals surface area contributed by atoms with E-state index in [2.05, 4.69) is 32.1 Å². The van der Waals surface area contributed by atoms with Gasteiger partial charge < -0.3 is 5.11 Å². The van der Waals surface area contributed by atoms with Gasteiger partial charge in [0.15, 0.2) is 0 Å². The lowest BCUT2D eigenvalue weighted by atomic mass is 9.98. The molecule has 0 aliphatic carbocycles.